The van der Waals surface area contributed by atoms with Crippen molar-refractivity contribution in [2.45, 2.75) is 4.75 Å². The van der Waals surface area contributed by atoms with Gasteiger partial charge in [0.2, 0.25) is 0 Å². The summed E-state index contributed by atoms with van der Waals surface area (Å²) < 4.78 is -0.353. The zero-order valence-corrected chi connectivity index (χ0v) is 14.2. The van der Waals surface area contributed by atoms with Crippen molar-refractivity contribution in [2.24, 2.45) is 5.18 Å². The summed E-state index contributed by atoms with van der Waals surface area (Å²) in [6, 6.07) is 31.4. The maximum absolute atomic E-state index is 10.6. The summed E-state index contributed by atoms with van der Waals surface area (Å²) >= 11 is 1.76. The molecule has 3 heteroatoms. The van der Waals surface area contributed by atoms with Gasteiger partial charge >= 0.3 is 0 Å². The van der Waals surface area contributed by atoms with Gasteiger partial charge in [-0.05, 0) is 16.7 Å². The molecule has 3 aromatic rings. The van der Waals surface area contributed by atoms with E-state index in [2.05, 4.69) is 78.0 Å². The molecule has 0 radical (unpaired) electrons. The Kier molecular flexibility index (Phi) is 5.44. The van der Waals surface area contributed by atoms with Crippen molar-refractivity contribution in [3.8, 4) is 0 Å². The Morgan fingerprint density at radius 1 is 0.667 bits per heavy atom. The van der Waals surface area contributed by atoms with Crippen LogP contribution in [0.25, 0.3) is 0 Å². The van der Waals surface area contributed by atoms with Crippen LogP contribution in [0.5, 0.6) is 0 Å². The van der Waals surface area contributed by atoms with Crippen molar-refractivity contribution in [3.05, 3.63) is 113 Å². The Balaban J connectivity index is 2.22. The highest BCUT2D eigenvalue weighted by Crippen LogP contribution is 2.48. The second-order valence-corrected chi connectivity index (χ2v) is 6.79. The van der Waals surface area contributed by atoms with Crippen molar-refractivity contribution in [2.75, 3.05) is 12.3 Å². The van der Waals surface area contributed by atoms with Crippen LogP contribution in [0.15, 0.2) is 96.2 Å². The van der Waals surface area contributed by atoms with Crippen LogP contribution >= 0.6 is 11.8 Å². The quantitative estimate of drug-likeness (QED) is 0.325. The van der Waals surface area contributed by atoms with Crippen LogP contribution in [0.2, 0.25) is 0 Å². The van der Waals surface area contributed by atoms with Crippen LogP contribution in [-0.2, 0) is 4.75 Å². The lowest BCUT2D eigenvalue weighted by atomic mass is 9.84. The molecule has 0 N–H and O–H groups in total. The lowest BCUT2D eigenvalue weighted by Crippen LogP contribution is -2.26. The number of nitrogens with zero attached hydrogens (tertiary/aromatic N) is 1. The van der Waals surface area contributed by atoms with Crippen molar-refractivity contribution in [1.82, 2.24) is 0 Å². The zero-order valence-electron chi connectivity index (χ0n) is 13.3. The zero-order chi connectivity index (χ0) is 16.7. The van der Waals surface area contributed by atoms with Crippen LogP contribution in [-0.4, -0.2) is 12.3 Å². The molecule has 0 saturated carbocycles. The molecule has 3 rings (SSSR count). The van der Waals surface area contributed by atoms with Crippen molar-refractivity contribution < 1.29 is 0 Å². The predicted molar refractivity (Wildman–Crippen MR) is 102 cm³/mol. The molecule has 0 amide bonds. The molecule has 0 heterocycles. The van der Waals surface area contributed by atoms with E-state index < -0.39 is 0 Å². The molecule has 120 valence electrons. The van der Waals surface area contributed by atoms with E-state index in [0.29, 0.717) is 12.3 Å². The standard InChI is InChI=1S/C21H19NOS/c23-22-16-17-24-21(18-10-4-1-5-11-18,19-12-6-2-7-13-19)20-14-8-3-9-15-20/h1-15H,16-17H2. The van der Waals surface area contributed by atoms with Gasteiger partial charge in [-0.25, -0.2) is 0 Å². The normalized spacial score (nSPS) is 11.2. The van der Waals surface area contributed by atoms with E-state index >= 15 is 0 Å². The predicted octanol–water partition coefficient (Wildman–Crippen LogP) is 5.48. The Morgan fingerprint density at radius 3 is 1.38 bits per heavy atom. The van der Waals surface area contributed by atoms with E-state index in [-0.39, 0.29) is 4.75 Å². The summed E-state index contributed by atoms with van der Waals surface area (Å²) in [7, 11) is 0. The third kappa shape index (κ3) is 3.26. The molecular weight excluding hydrogens is 314 g/mol. The molecular formula is C21H19NOS. The molecule has 0 saturated heterocycles. The van der Waals surface area contributed by atoms with Crippen LogP contribution in [0.1, 0.15) is 16.7 Å². The number of nitroso groups, excluding NO2 is 1. The van der Waals surface area contributed by atoms with Crippen molar-refractivity contribution in [3.63, 3.8) is 0 Å². The van der Waals surface area contributed by atoms with Gasteiger partial charge in [-0.15, -0.1) is 11.8 Å². The van der Waals surface area contributed by atoms with Gasteiger partial charge in [0.15, 0.2) is 0 Å². The van der Waals surface area contributed by atoms with Gasteiger partial charge in [0.25, 0.3) is 0 Å². The highest BCUT2D eigenvalue weighted by Gasteiger charge is 2.36. The average molecular weight is 333 g/mol. The summed E-state index contributed by atoms with van der Waals surface area (Å²) in [6.07, 6.45) is 0. The maximum atomic E-state index is 10.6. The summed E-state index contributed by atoms with van der Waals surface area (Å²) in [6.45, 7) is 0.304. The first kappa shape index (κ1) is 16.5. The number of hydrogen-bond donors (Lipinski definition) is 0. The third-order valence-electron chi connectivity index (χ3n) is 4.04. The first-order valence-electron chi connectivity index (χ1n) is 7.97. The summed E-state index contributed by atoms with van der Waals surface area (Å²) in [4.78, 5) is 10.6. The average Bonchev–Trinajstić information content (AvgIpc) is 2.68. The first-order valence-corrected chi connectivity index (χ1v) is 8.96. The monoisotopic (exact) mass is 333 g/mol. The fourth-order valence-corrected chi connectivity index (χ4v) is 4.38. The lowest BCUT2D eigenvalue weighted by molar-refractivity contribution is 0.891. The minimum Gasteiger partial charge on any atom is -0.151 e. The second kappa shape index (κ2) is 7.93. The van der Waals surface area contributed by atoms with Gasteiger partial charge in [0.1, 0.15) is 0 Å². The van der Waals surface area contributed by atoms with E-state index in [4.69, 9.17) is 0 Å². The molecule has 0 aliphatic rings. The maximum Gasteiger partial charge on any atom is 0.0907 e. The van der Waals surface area contributed by atoms with Gasteiger partial charge in [-0.2, -0.15) is 4.91 Å². The molecule has 2 nitrogen and oxygen atoms in total. The summed E-state index contributed by atoms with van der Waals surface area (Å²) in [5.41, 5.74) is 3.62. The van der Waals surface area contributed by atoms with Gasteiger partial charge in [-0.1, -0.05) is 96.2 Å². The molecule has 0 bridgehead atoms. The second-order valence-electron chi connectivity index (χ2n) is 5.48. The third-order valence-corrected chi connectivity index (χ3v) is 5.57. The molecule has 3 aromatic carbocycles. The van der Waals surface area contributed by atoms with E-state index in [9.17, 15) is 4.91 Å². The molecule has 0 atom stereocenters. The largest absolute Gasteiger partial charge is 0.151 e. The Morgan fingerprint density at radius 2 is 1.04 bits per heavy atom. The number of thioether (sulfide) groups is 1. The Bertz CT molecular complexity index is 663. The van der Waals surface area contributed by atoms with Crippen LogP contribution < -0.4 is 0 Å². The van der Waals surface area contributed by atoms with Crippen LogP contribution in [0.3, 0.4) is 0 Å². The first-order chi connectivity index (χ1) is 11.9. The Hall–Kier alpha value is -2.39. The molecule has 0 unspecified atom stereocenters. The molecule has 0 aromatic heterocycles. The van der Waals surface area contributed by atoms with E-state index in [1.807, 2.05) is 18.2 Å². The Labute approximate surface area is 146 Å². The molecule has 24 heavy (non-hydrogen) atoms. The van der Waals surface area contributed by atoms with Crippen molar-refractivity contribution in [1.29, 1.82) is 0 Å². The van der Waals surface area contributed by atoms with E-state index in [1.54, 1.807) is 11.8 Å². The fourth-order valence-electron chi connectivity index (χ4n) is 3.00. The van der Waals surface area contributed by atoms with Crippen LogP contribution in [0, 0.1) is 4.91 Å². The highest BCUT2D eigenvalue weighted by molar-refractivity contribution is 8.00. The smallest absolute Gasteiger partial charge is 0.0907 e. The minimum atomic E-state index is -0.353. The minimum absolute atomic E-state index is 0.304. The molecule has 0 aliphatic heterocycles. The van der Waals surface area contributed by atoms with Gasteiger partial charge < -0.3 is 0 Å². The van der Waals surface area contributed by atoms with Crippen LogP contribution in [0.4, 0.5) is 0 Å². The van der Waals surface area contributed by atoms with E-state index in [0.717, 1.165) is 0 Å². The van der Waals surface area contributed by atoms with E-state index in [1.165, 1.54) is 16.7 Å². The topological polar surface area (TPSA) is 29.4 Å². The molecule has 0 aliphatic carbocycles. The van der Waals surface area contributed by atoms with Gasteiger partial charge in [0.05, 0.1) is 11.3 Å². The number of benzene rings is 3. The van der Waals surface area contributed by atoms with Gasteiger partial charge in [-0.3, -0.25) is 0 Å². The lowest BCUT2D eigenvalue weighted by Gasteiger charge is -2.35. The van der Waals surface area contributed by atoms with Crippen molar-refractivity contribution >= 4 is 11.8 Å². The van der Waals surface area contributed by atoms with Gasteiger partial charge in [0, 0.05) is 5.75 Å². The fraction of sp³-hybridized carbons (Fsp3) is 0.143. The number of rotatable bonds is 7. The summed E-state index contributed by atoms with van der Waals surface area (Å²) in [5.74, 6) is 0.669. The molecule has 0 fully saturated rings. The highest BCUT2D eigenvalue weighted by atomic mass is 32.2. The summed E-state index contributed by atoms with van der Waals surface area (Å²) in [5, 5.41) is 3.05. The SMILES string of the molecule is O=NCCSC(c1ccccc1)(c1ccccc1)c1ccccc1. The number of hydrogen-bond acceptors (Lipinski definition) is 3. The molecule has 0 spiro atoms.